The van der Waals surface area contributed by atoms with E-state index in [1.165, 1.54) is 0 Å². The molecular formula is C35H47N3O3S. The molecule has 42 heavy (non-hydrogen) atoms. The first kappa shape index (κ1) is 33.2. The van der Waals surface area contributed by atoms with Crippen molar-refractivity contribution in [2.75, 3.05) is 32.9 Å². The Bertz CT molecular complexity index is 1120. The van der Waals surface area contributed by atoms with Crippen LogP contribution in [0.2, 0.25) is 0 Å². The number of ether oxygens (including phenoxy) is 1. The maximum absolute atomic E-state index is 13.5. The summed E-state index contributed by atoms with van der Waals surface area (Å²) in [6.07, 6.45) is 3.61. The number of thioether (sulfide) groups is 1. The van der Waals surface area contributed by atoms with E-state index in [2.05, 4.69) is 66.0 Å². The molecule has 0 saturated heterocycles. The molecule has 1 unspecified atom stereocenters. The predicted molar refractivity (Wildman–Crippen MR) is 175 cm³/mol. The van der Waals surface area contributed by atoms with Gasteiger partial charge in [-0.2, -0.15) is 0 Å². The van der Waals surface area contributed by atoms with Gasteiger partial charge in [0.1, 0.15) is 11.6 Å². The molecule has 0 aliphatic rings. The molecule has 0 saturated carbocycles. The van der Waals surface area contributed by atoms with E-state index in [0.717, 1.165) is 48.9 Å². The molecule has 7 heteroatoms. The highest BCUT2D eigenvalue weighted by atomic mass is 32.2. The second-order valence-corrected chi connectivity index (χ2v) is 13.0. The highest BCUT2D eigenvalue weighted by Crippen LogP contribution is 2.48. The lowest BCUT2D eigenvalue weighted by Crippen LogP contribution is -2.50. The van der Waals surface area contributed by atoms with Crippen molar-refractivity contribution >= 4 is 23.8 Å². The van der Waals surface area contributed by atoms with Gasteiger partial charge >= 0.3 is 6.09 Å². The monoisotopic (exact) mass is 589 g/mol. The second-order valence-electron chi connectivity index (χ2n) is 11.8. The molecule has 0 aliphatic heterocycles. The Labute approximate surface area is 256 Å². The summed E-state index contributed by atoms with van der Waals surface area (Å²) in [5, 5.41) is 5.95. The molecule has 0 aromatic heterocycles. The van der Waals surface area contributed by atoms with Gasteiger partial charge in [-0.15, -0.1) is 11.8 Å². The predicted octanol–water partition coefficient (Wildman–Crippen LogP) is 6.84. The van der Waals surface area contributed by atoms with Crippen LogP contribution in [-0.2, 0) is 14.3 Å². The second kappa shape index (κ2) is 16.4. The third-order valence-corrected chi connectivity index (χ3v) is 8.49. The number of hydrogen-bond donors (Lipinski definition) is 2. The summed E-state index contributed by atoms with van der Waals surface area (Å²) in [5.41, 5.74) is 2.62. The standard InChI is InChI=1S/C35H47N3O3S/c1-34(2,3)41-33(40)37-31(32(39)36-25-17-6-7-18-26-38(4)5)27-42-35(28-19-11-8-12-20-28,29-21-13-9-14-22-29)30-23-15-10-16-24-30/h8-16,19-24,31H,6-7,17-18,25-27H2,1-5H3,(H,36,39)(H,37,40). The van der Waals surface area contributed by atoms with Crippen LogP contribution in [0.5, 0.6) is 0 Å². The van der Waals surface area contributed by atoms with Crippen molar-refractivity contribution in [2.24, 2.45) is 0 Å². The van der Waals surface area contributed by atoms with E-state index in [1.54, 1.807) is 11.8 Å². The molecule has 2 N–H and O–H groups in total. The average Bonchev–Trinajstić information content (AvgIpc) is 2.97. The quantitative estimate of drug-likeness (QED) is 0.150. The Morgan fingerprint density at radius 1 is 0.762 bits per heavy atom. The van der Waals surface area contributed by atoms with Crippen LogP contribution >= 0.6 is 11.8 Å². The summed E-state index contributed by atoms with van der Waals surface area (Å²) in [5.74, 6) is 0.136. The molecule has 0 radical (unpaired) electrons. The first-order valence-electron chi connectivity index (χ1n) is 14.8. The lowest BCUT2D eigenvalue weighted by molar-refractivity contribution is -0.122. The van der Waals surface area contributed by atoms with E-state index in [0.29, 0.717) is 12.3 Å². The molecule has 0 fully saturated rings. The van der Waals surface area contributed by atoms with Crippen molar-refractivity contribution in [2.45, 2.75) is 62.8 Å². The van der Waals surface area contributed by atoms with Crippen LogP contribution in [0.1, 0.15) is 63.1 Å². The number of carbonyl (C=O) groups excluding carboxylic acids is 2. The van der Waals surface area contributed by atoms with E-state index in [9.17, 15) is 9.59 Å². The lowest BCUT2D eigenvalue weighted by Gasteiger charge is -2.36. The SMILES string of the molecule is CN(C)CCCCCCNC(=O)C(CSC(c1ccccc1)(c1ccccc1)c1ccccc1)NC(=O)OC(C)(C)C. The van der Waals surface area contributed by atoms with Crippen molar-refractivity contribution in [3.05, 3.63) is 108 Å². The van der Waals surface area contributed by atoms with Gasteiger partial charge in [0, 0.05) is 12.3 Å². The minimum Gasteiger partial charge on any atom is -0.444 e. The van der Waals surface area contributed by atoms with Gasteiger partial charge in [0.25, 0.3) is 0 Å². The van der Waals surface area contributed by atoms with Crippen molar-refractivity contribution < 1.29 is 14.3 Å². The summed E-state index contributed by atoms with van der Waals surface area (Å²) in [6.45, 7) is 7.09. The minimum atomic E-state index is -0.783. The smallest absolute Gasteiger partial charge is 0.408 e. The number of hydrogen-bond acceptors (Lipinski definition) is 5. The van der Waals surface area contributed by atoms with E-state index in [4.69, 9.17) is 4.74 Å². The Hall–Kier alpha value is -3.29. The zero-order chi connectivity index (χ0) is 30.4. The van der Waals surface area contributed by atoms with Gasteiger partial charge < -0.3 is 20.3 Å². The van der Waals surface area contributed by atoms with Crippen LogP contribution in [-0.4, -0.2) is 61.5 Å². The van der Waals surface area contributed by atoms with Gasteiger partial charge in [-0.05, 0) is 70.9 Å². The van der Waals surface area contributed by atoms with Gasteiger partial charge in [-0.1, -0.05) is 104 Å². The summed E-state index contributed by atoms with van der Waals surface area (Å²) < 4.78 is 4.94. The molecule has 0 heterocycles. The maximum atomic E-state index is 13.5. The minimum absolute atomic E-state index is 0.204. The number of carbonyl (C=O) groups is 2. The zero-order valence-corrected chi connectivity index (χ0v) is 26.6. The van der Waals surface area contributed by atoms with E-state index in [1.807, 2.05) is 75.4 Å². The van der Waals surface area contributed by atoms with Crippen LogP contribution in [0.3, 0.4) is 0 Å². The van der Waals surface area contributed by atoms with Crippen LogP contribution in [0.25, 0.3) is 0 Å². The van der Waals surface area contributed by atoms with Crippen molar-refractivity contribution in [3.63, 3.8) is 0 Å². The fraction of sp³-hybridized carbons (Fsp3) is 0.429. The van der Waals surface area contributed by atoms with Crippen molar-refractivity contribution in [1.82, 2.24) is 15.5 Å². The number of alkyl carbamates (subject to hydrolysis) is 1. The fourth-order valence-corrected chi connectivity index (χ4v) is 6.41. The molecular weight excluding hydrogens is 542 g/mol. The summed E-state index contributed by atoms with van der Waals surface area (Å²) in [7, 11) is 4.16. The van der Waals surface area contributed by atoms with Crippen LogP contribution in [0, 0.1) is 0 Å². The first-order valence-corrected chi connectivity index (χ1v) is 15.8. The first-order chi connectivity index (χ1) is 20.1. The number of amides is 2. The molecule has 0 bridgehead atoms. The zero-order valence-electron chi connectivity index (χ0n) is 25.8. The van der Waals surface area contributed by atoms with E-state index in [-0.39, 0.29) is 5.91 Å². The molecule has 0 spiro atoms. The number of rotatable bonds is 15. The summed E-state index contributed by atoms with van der Waals surface area (Å²) in [6, 6.07) is 30.2. The molecule has 226 valence electrons. The number of benzene rings is 3. The Kier molecular flexibility index (Phi) is 12.9. The summed E-state index contributed by atoms with van der Waals surface area (Å²) in [4.78, 5) is 28.6. The van der Waals surface area contributed by atoms with Crippen molar-refractivity contribution in [1.29, 1.82) is 0 Å². The molecule has 3 aromatic rings. The number of unbranched alkanes of at least 4 members (excludes halogenated alkanes) is 3. The van der Waals surface area contributed by atoms with Gasteiger partial charge in [0.15, 0.2) is 0 Å². The van der Waals surface area contributed by atoms with Gasteiger partial charge in [-0.25, -0.2) is 4.79 Å². The largest absolute Gasteiger partial charge is 0.444 e. The van der Waals surface area contributed by atoms with Crippen LogP contribution < -0.4 is 10.6 Å². The lowest BCUT2D eigenvalue weighted by atomic mass is 9.84. The molecule has 2 amide bonds. The van der Waals surface area contributed by atoms with Gasteiger partial charge in [0.2, 0.25) is 5.91 Å². The van der Waals surface area contributed by atoms with Gasteiger partial charge in [-0.3, -0.25) is 4.79 Å². The highest BCUT2D eigenvalue weighted by Gasteiger charge is 2.38. The summed E-state index contributed by atoms with van der Waals surface area (Å²) >= 11 is 1.64. The molecule has 3 aromatic carbocycles. The molecule has 0 aliphatic carbocycles. The third kappa shape index (κ3) is 10.2. The topological polar surface area (TPSA) is 70.7 Å². The van der Waals surface area contributed by atoms with Gasteiger partial charge in [0.05, 0.1) is 4.75 Å². The van der Waals surface area contributed by atoms with Crippen molar-refractivity contribution in [3.8, 4) is 0 Å². The van der Waals surface area contributed by atoms with Crippen LogP contribution in [0.15, 0.2) is 91.0 Å². The van der Waals surface area contributed by atoms with E-state index >= 15 is 0 Å². The number of nitrogens with zero attached hydrogens (tertiary/aromatic N) is 1. The maximum Gasteiger partial charge on any atom is 0.408 e. The molecule has 3 rings (SSSR count). The third-order valence-electron chi connectivity index (χ3n) is 6.85. The number of nitrogens with one attached hydrogen (secondary N) is 2. The Morgan fingerprint density at radius 3 is 1.69 bits per heavy atom. The normalized spacial score (nSPS) is 12.5. The molecule has 6 nitrogen and oxygen atoms in total. The highest BCUT2D eigenvalue weighted by molar-refractivity contribution is 8.00. The fourth-order valence-electron chi connectivity index (χ4n) is 4.85. The van der Waals surface area contributed by atoms with E-state index < -0.39 is 22.5 Å². The molecule has 1 atom stereocenters. The van der Waals surface area contributed by atoms with Crippen LogP contribution in [0.4, 0.5) is 4.79 Å². The Balaban J connectivity index is 1.86. The average molecular weight is 590 g/mol. The Morgan fingerprint density at radius 2 is 1.24 bits per heavy atom.